The van der Waals surface area contributed by atoms with Crippen LogP contribution in [-0.2, 0) is 24.2 Å². The summed E-state index contributed by atoms with van der Waals surface area (Å²) >= 11 is 6.47. The number of carbonyl (C=O) groups is 2. The summed E-state index contributed by atoms with van der Waals surface area (Å²) in [7, 11) is -3.35. The van der Waals surface area contributed by atoms with E-state index in [1.807, 2.05) is 38.1 Å². The fourth-order valence-corrected chi connectivity index (χ4v) is 5.49. The van der Waals surface area contributed by atoms with Crippen LogP contribution in [0, 0.1) is 5.92 Å². The normalized spacial score (nSPS) is 25.3. The summed E-state index contributed by atoms with van der Waals surface area (Å²) in [6, 6.07) is 6.84. The highest BCUT2D eigenvalue weighted by atomic mass is 35.5. The predicted octanol–water partition coefficient (Wildman–Crippen LogP) is 3.63. The van der Waals surface area contributed by atoms with Gasteiger partial charge in [0, 0.05) is 54.6 Å². The zero-order valence-electron chi connectivity index (χ0n) is 20.6. The SMILES string of the molecule is C[C@H](/C=C\S(C)(=O)=O)NC(=O)C1(F)CCN(C(=O)[C@H]2COC(C)(C)C[C@@H]2c2ccccc2Cl)CC1. The average Bonchev–Trinajstić information content (AvgIpc) is 2.77. The Hall–Kier alpha value is -1.97. The van der Waals surface area contributed by atoms with Gasteiger partial charge in [0.25, 0.3) is 5.91 Å². The lowest BCUT2D eigenvalue weighted by molar-refractivity contribution is -0.154. The van der Waals surface area contributed by atoms with Crippen molar-refractivity contribution in [2.24, 2.45) is 5.92 Å². The maximum atomic E-state index is 15.4. The lowest BCUT2D eigenvalue weighted by Gasteiger charge is -2.43. The Bertz CT molecular complexity index is 1080. The van der Waals surface area contributed by atoms with Crippen LogP contribution < -0.4 is 5.32 Å². The Morgan fingerprint density at radius 3 is 2.49 bits per heavy atom. The van der Waals surface area contributed by atoms with Crippen molar-refractivity contribution in [2.45, 2.75) is 63.3 Å². The fraction of sp³-hybridized carbons (Fsp3) is 0.600. The Morgan fingerprint density at radius 1 is 1.26 bits per heavy atom. The number of rotatable bonds is 6. The number of amides is 2. The van der Waals surface area contributed by atoms with Gasteiger partial charge in [0.1, 0.15) is 0 Å². The van der Waals surface area contributed by atoms with Crippen LogP contribution in [0.1, 0.15) is 51.5 Å². The molecule has 2 aliphatic rings. The molecule has 2 fully saturated rings. The molecule has 0 saturated carbocycles. The Labute approximate surface area is 212 Å². The summed E-state index contributed by atoms with van der Waals surface area (Å²) in [5, 5.41) is 4.09. The van der Waals surface area contributed by atoms with Gasteiger partial charge in [0.2, 0.25) is 5.91 Å². The van der Waals surface area contributed by atoms with Gasteiger partial charge >= 0.3 is 0 Å². The van der Waals surface area contributed by atoms with E-state index in [1.54, 1.807) is 11.8 Å². The number of alkyl halides is 1. The minimum absolute atomic E-state index is 0.103. The van der Waals surface area contributed by atoms with E-state index in [9.17, 15) is 18.0 Å². The van der Waals surface area contributed by atoms with Crippen molar-refractivity contribution in [1.82, 2.24) is 10.2 Å². The molecule has 10 heteroatoms. The van der Waals surface area contributed by atoms with Crippen LogP contribution in [0.5, 0.6) is 0 Å². The second-order valence-electron chi connectivity index (χ2n) is 10.2. The number of nitrogens with zero attached hydrogens (tertiary/aromatic N) is 1. The number of likely N-dealkylation sites (tertiary alicyclic amines) is 1. The molecule has 1 aromatic rings. The monoisotopic (exact) mass is 528 g/mol. The van der Waals surface area contributed by atoms with E-state index in [-0.39, 0.29) is 44.4 Å². The van der Waals surface area contributed by atoms with Crippen molar-refractivity contribution >= 4 is 33.3 Å². The molecule has 7 nitrogen and oxygen atoms in total. The first-order valence-electron chi connectivity index (χ1n) is 11.8. The number of nitrogens with one attached hydrogen (secondary N) is 1. The molecule has 2 amide bonds. The molecule has 0 unspecified atom stereocenters. The molecule has 1 aromatic carbocycles. The maximum absolute atomic E-state index is 15.4. The highest BCUT2D eigenvalue weighted by molar-refractivity contribution is 7.93. The van der Waals surface area contributed by atoms with Gasteiger partial charge in [-0.1, -0.05) is 35.9 Å². The number of carbonyl (C=O) groups excluding carboxylic acids is 2. The van der Waals surface area contributed by atoms with Crippen LogP contribution in [0.25, 0.3) is 0 Å². The van der Waals surface area contributed by atoms with E-state index in [1.165, 1.54) is 6.08 Å². The first kappa shape index (κ1) is 27.6. The zero-order chi connectivity index (χ0) is 26.0. The lowest BCUT2D eigenvalue weighted by atomic mass is 9.76. The predicted molar refractivity (Wildman–Crippen MR) is 134 cm³/mol. The molecular weight excluding hydrogens is 495 g/mol. The molecule has 0 bridgehead atoms. The summed E-state index contributed by atoms with van der Waals surface area (Å²) in [5.41, 5.74) is -1.63. The van der Waals surface area contributed by atoms with Gasteiger partial charge in [-0.3, -0.25) is 9.59 Å². The number of sulfone groups is 1. The van der Waals surface area contributed by atoms with Gasteiger partial charge < -0.3 is 15.0 Å². The summed E-state index contributed by atoms with van der Waals surface area (Å²) in [6.07, 6.45) is 2.69. The summed E-state index contributed by atoms with van der Waals surface area (Å²) in [5.74, 6) is -1.52. The van der Waals surface area contributed by atoms with Crippen LogP contribution in [0.15, 0.2) is 35.7 Å². The van der Waals surface area contributed by atoms with Crippen LogP contribution in [0.2, 0.25) is 5.02 Å². The van der Waals surface area contributed by atoms with E-state index in [2.05, 4.69) is 5.32 Å². The summed E-state index contributed by atoms with van der Waals surface area (Å²) in [4.78, 5) is 27.7. The minimum atomic E-state index is -3.35. The number of piperidine rings is 1. The first-order valence-corrected chi connectivity index (χ1v) is 14.1. The van der Waals surface area contributed by atoms with Gasteiger partial charge in [0.15, 0.2) is 15.5 Å². The van der Waals surface area contributed by atoms with Crippen molar-refractivity contribution in [3.63, 3.8) is 0 Å². The van der Waals surface area contributed by atoms with Crippen molar-refractivity contribution in [2.75, 3.05) is 26.0 Å². The number of hydrogen-bond acceptors (Lipinski definition) is 5. The van der Waals surface area contributed by atoms with Crippen molar-refractivity contribution in [3.05, 3.63) is 46.3 Å². The van der Waals surface area contributed by atoms with Crippen molar-refractivity contribution < 1.29 is 27.1 Å². The second-order valence-corrected chi connectivity index (χ2v) is 12.6. The molecule has 0 aromatic heterocycles. The average molecular weight is 529 g/mol. The third-order valence-corrected chi connectivity index (χ3v) is 7.72. The molecule has 2 saturated heterocycles. The fourth-order valence-electron chi connectivity index (χ4n) is 4.70. The molecule has 2 heterocycles. The topological polar surface area (TPSA) is 92.8 Å². The smallest absolute Gasteiger partial charge is 0.258 e. The van der Waals surface area contributed by atoms with E-state index in [0.717, 1.165) is 17.2 Å². The van der Waals surface area contributed by atoms with Crippen molar-refractivity contribution in [1.29, 1.82) is 0 Å². The van der Waals surface area contributed by atoms with E-state index in [0.29, 0.717) is 11.4 Å². The molecule has 194 valence electrons. The third-order valence-electron chi connectivity index (χ3n) is 6.72. The second kappa shape index (κ2) is 10.6. The van der Waals surface area contributed by atoms with Crippen molar-refractivity contribution in [3.8, 4) is 0 Å². The first-order chi connectivity index (χ1) is 16.2. The highest BCUT2D eigenvalue weighted by Gasteiger charge is 2.46. The molecule has 3 rings (SSSR count). The molecule has 1 N–H and O–H groups in total. The zero-order valence-corrected chi connectivity index (χ0v) is 22.2. The lowest BCUT2D eigenvalue weighted by Crippen LogP contribution is -2.55. The number of ether oxygens (including phenoxy) is 1. The molecule has 0 aliphatic carbocycles. The van der Waals surface area contributed by atoms with Gasteiger partial charge in [-0.15, -0.1) is 0 Å². The third kappa shape index (κ3) is 7.05. The van der Waals surface area contributed by atoms with Crippen LogP contribution in [-0.4, -0.2) is 68.4 Å². The molecule has 0 radical (unpaired) electrons. The standard InChI is InChI=1S/C25H34ClFN2O5S/c1-17(9-14-35(4,32)33)28-23(31)25(27)10-12-29(13-11-25)22(30)20-16-34-24(2,3)15-19(20)18-7-5-6-8-21(18)26/h5-9,14,17,19-20H,10-13,15-16H2,1-4H3,(H,28,31)/b14-9-/t17-,19-,20+/m1/s1. The largest absolute Gasteiger partial charge is 0.375 e. The summed E-state index contributed by atoms with van der Waals surface area (Å²) < 4.78 is 43.9. The minimum Gasteiger partial charge on any atom is -0.375 e. The molecule has 0 spiro atoms. The molecular formula is C25H34ClFN2O5S. The van der Waals surface area contributed by atoms with E-state index >= 15 is 4.39 Å². The quantitative estimate of drug-likeness (QED) is 0.608. The molecule has 3 atom stereocenters. The number of halogens is 2. The number of benzene rings is 1. The van der Waals surface area contributed by atoms with Crippen LogP contribution in [0.3, 0.4) is 0 Å². The maximum Gasteiger partial charge on any atom is 0.258 e. The Morgan fingerprint density at radius 2 is 1.89 bits per heavy atom. The highest BCUT2D eigenvalue weighted by Crippen LogP contribution is 2.43. The van der Waals surface area contributed by atoms with Crippen LogP contribution in [0.4, 0.5) is 4.39 Å². The van der Waals surface area contributed by atoms with Gasteiger partial charge in [-0.05, 0) is 38.8 Å². The Kier molecular flexibility index (Phi) is 8.34. The van der Waals surface area contributed by atoms with Crippen LogP contribution >= 0.6 is 11.6 Å². The van der Waals surface area contributed by atoms with E-state index < -0.39 is 39.0 Å². The molecule has 35 heavy (non-hydrogen) atoms. The number of hydrogen-bond donors (Lipinski definition) is 1. The van der Waals surface area contributed by atoms with Gasteiger partial charge in [-0.2, -0.15) is 0 Å². The molecule has 2 aliphatic heterocycles. The summed E-state index contributed by atoms with van der Waals surface area (Å²) in [6.45, 7) is 5.99. The van der Waals surface area contributed by atoms with Gasteiger partial charge in [-0.25, -0.2) is 12.8 Å². The Balaban J connectivity index is 1.67. The van der Waals surface area contributed by atoms with Gasteiger partial charge in [0.05, 0.1) is 18.1 Å². The van der Waals surface area contributed by atoms with E-state index in [4.69, 9.17) is 16.3 Å².